The van der Waals surface area contributed by atoms with Gasteiger partial charge in [-0.3, -0.25) is 0 Å². The molecule has 2 atom stereocenters. The van der Waals surface area contributed by atoms with Crippen LogP contribution < -0.4 is 0 Å². The molecule has 2 saturated heterocycles. The summed E-state index contributed by atoms with van der Waals surface area (Å²) in [7, 11) is 0. The Morgan fingerprint density at radius 1 is 1.42 bits per heavy atom. The van der Waals surface area contributed by atoms with Crippen LogP contribution in [0.1, 0.15) is 19.8 Å². The molecule has 12 heavy (non-hydrogen) atoms. The topological polar surface area (TPSA) is 27.7 Å². The Morgan fingerprint density at radius 3 is 3.00 bits per heavy atom. The summed E-state index contributed by atoms with van der Waals surface area (Å²) in [5, 5.41) is 0.836. The molecule has 70 valence electrons. The summed E-state index contributed by atoms with van der Waals surface area (Å²) < 4.78 is 16.8. The van der Waals surface area contributed by atoms with Gasteiger partial charge in [0.25, 0.3) is 5.97 Å². The summed E-state index contributed by atoms with van der Waals surface area (Å²) in [4.78, 5) is 0. The Bertz CT molecular complexity index is 183. The van der Waals surface area contributed by atoms with Gasteiger partial charge in [0.1, 0.15) is 0 Å². The molecule has 0 spiro atoms. The van der Waals surface area contributed by atoms with Gasteiger partial charge in [-0.2, -0.15) is 0 Å². The van der Waals surface area contributed by atoms with Crippen molar-refractivity contribution < 1.29 is 14.2 Å². The average Bonchev–Trinajstić information content (AvgIpc) is 2.23. The average molecular weight is 237 g/mol. The lowest BCUT2D eigenvalue weighted by Crippen LogP contribution is -2.43. The third kappa shape index (κ3) is 1.41. The standard InChI is InChI=1S/C8H13BrO3/c1-7-3-5-10-8(12-7,2-4-9)11-6-7/h2-6H2,1H3. The quantitative estimate of drug-likeness (QED) is 0.683. The molecular formula is C8H13BrO3. The van der Waals surface area contributed by atoms with E-state index in [1.165, 1.54) is 0 Å². The molecule has 0 saturated carbocycles. The van der Waals surface area contributed by atoms with Crippen molar-refractivity contribution in [2.75, 3.05) is 18.5 Å². The highest BCUT2D eigenvalue weighted by atomic mass is 79.9. The summed E-state index contributed by atoms with van der Waals surface area (Å²) in [6, 6.07) is 0. The van der Waals surface area contributed by atoms with Gasteiger partial charge < -0.3 is 14.2 Å². The van der Waals surface area contributed by atoms with E-state index in [9.17, 15) is 0 Å². The van der Waals surface area contributed by atoms with Crippen LogP contribution in [0.25, 0.3) is 0 Å². The SMILES string of the molecule is CC12CCOC(CCBr)(OC1)O2. The van der Waals surface area contributed by atoms with Crippen LogP contribution >= 0.6 is 15.9 Å². The van der Waals surface area contributed by atoms with E-state index in [2.05, 4.69) is 22.9 Å². The maximum Gasteiger partial charge on any atom is 0.284 e. The van der Waals surface area contributed by atoms with Gasteiger partial charge in [-0.25, -0.2) is 0 Å². The normalized spacial score (nSPS) is 46.5. The van der Waals surface area contributed by atoms with Gasteiger partial charge in [-0.15, -0.1) is 0 Å². The Morgan fingerprint density at radius 2 is 2.25 bits per heavy atom. The number of fused-ring (bicyclic) bond motifs is 2. The van der Waals surface area contributed by atoms with Crippen molar-refractivity contribution in [2.45, 2.75) is 31.3 Å². The monoisotopic (exact) mass is 236 g/mol. The number of hydrogen-bond donors (Lipinski definition) is 0. The maximum atomic E-state index is 5.74. The largest absolute Gasteiger partial charge is 0.327 e. The lowest BCUT2D eigenvalue weighted by atomic mass is 10.0. The van der Waals surface area contributed by atoms with Gasteiger partial charge >= 0.3 is 0 Å². The van der Waals surface area contributed by atoms with Crippen molar-refractivity contribution >= 4 is 15.9 Å². The van der Waals surface area contributed by atoms with Crippen LogP contribution in [0.15, 0.2) is 0 Å². The van der Waals surface area contributed by atoms with E-state index in [4.69, 9.17) is 14.2 Å². The first kappa shape index (κ1) is 8.94. The first-order valence-corrected chi connectivity index (χ1v) is 5.34. The molecule has 0 aromatic rings. The molecule has 0 aromatic heterocycles. The number of rotatable bonds is 2. The Balaban J connectivity index is 2.09. The highest BCUT2D eigenvalue weighted by Crippen LogP contribution is 2.41. The van der Waals surface area contributed by atoms with Gasteiger partial charge in [0, 0.05) is 18.2 Å². The van der Waals surface area contributed by atoms with E-state index in [1.807, 2.05) is 0 Å². The number of alkyl halides is 1. The van der Waals surface area contributed by atoms with Gasteiger partial charge in [0.2, 0.25) is 0 Å². The molecule has 3 nitrogen and oxygen atoms in total. The van der Waals surface area contributed by atoms with E-state index in [0.29, 0.717) is 6.61 Å². The molecular weight excluding hydrogens is 224 g/mol. The molecule has 2 unspecified atom stereocenters. The first-order chi connectivity index (χ1) is 5.68. The number of halogens is 1. The zero-order valence-corrected chi connectivity index (χ0v) is 8.72. The molecule has 0 aromatic carbocycles. The zero-order valence-electron chi connectivity index (χ0n) is 7.14. The minimum Gasteiger partial charge on any atom is -0.327 e. The predicted octanol–water partition coefficient (Wildman–Crippen LogP) is 1.65. The highest BCUT2D eigenvalue weighted by Gasteiger charge is 2.52. The van der Waals surface area contributed by atoms with Crippen LogP contribution in [-0.4, -0.2) is 30.1 Å². The Hall–Kier alpha value is 0.360. The fourth-order valence-electron chi connectivity index (χ4n) is 1.62. The summed E-state index contributed by atoms with van der Waals surface area (Å²) >= 11 is 3.36. The summed E-state index contributed by atoms with van der Waals surface area (Å²) in [6.45, 7) is 3.47. The van der Waals surface area contributed by atoms with Crippen molar-refractivity contribution in [3.8, 4) is 0 Å². The lowest BCUT2D eigenvalue weighted by Gasteiger charge is -2.34. The molecule has 2 aliphatic rings. The van der Waals surface area contributed by atoms with Crippen molar-refractivity contribution in [1.82, 2.24) is 0 Å². The summed E-state index contributed by atoms with van der Waals surface area (Å²) in [5.74, 6) is -0.740. The molecule has 2 bridgehead atoms. The van der Waals surface area contributed by atoms with Crippen LogP contribution in [0, 0.1) is 0 Å². The van der Waals surface area contributed by atoms with Crippen molar-refractivity contribution in [3.05, 3.63) is 0 Å². The number of ether oxygens (including phenoxy) is 3. The molecule has 0 radical (unpaired) electrons. The van der Waals surface area contributed by atoms with Crippen LogP contribution in [0.4, 0.5) is 0 Å². The van der Waals surface area contributed by atoms with Crippen LogP contribution in [0.2, 0.25) is 0 Å². The van der Waals surface area contributed by atoms with Crippen molar-refractivity contribution in [2.24, 2.45) is 0 Å². The van der Waals surface area contributed by atoms with E-state index >= 15 is 0 Å². The fourth-order valence-corrected chi connectivity index (χ4v) is 2.11. The van der Waals surface area contributed by atoms with Crippen molar-refractivity contribution in [1.29, 1.82) is 0 Å². The van der Waals surface area contributed by atoms with Gasteiger partial charge in [0.15, 0.2) is 0 Å². The molecule has 2 heterocycles. The molecule has 4 heteroatoms. The van der Waals surface area contributed by atoms with E-state index in [-0.39, 0.29) is 5.60 Å². The predicted molar refractivity (Wildman–Crippen MR) is 47.2 cm³/mol. The number of hydrogen-bond acceptors (Lipinski definition) is 3. The fraction of sp³-hybridized carbons (Fsp3) is 1.00. The second-order valence-corrected chi connectivity index (χ2v) is 4.35. The highest BCUT2D eigenvalue weighted by molar-refractivity contribution is 9.09. The Labute approximate surface area is 80.5 Å². The molecule has 2 rings (SSSR count). The van der Waals surface area contributed by atoms with E-state index < -0.39 is 5.97 Å². The third-order valence-corrected chi connectivity index (χ3v) is 2.75. The second-order valence-electron chi connectivity index (χ2n) is 3.56. The van der Waals surface area contributed by atoms with Crippen LogP contribution in [0.3, 0.4) is 0 Å². The second kappa shape index (κ2) is 2.94. The van der Waals surface area contributed by atoms with E-state index in [0.717, 1.165) is 24.8 Å². The minimum absolute atomic E-state index is 0.111. The lowest BCUT2D eigenvalue weighted by molar-refractivity contribution is -0.366. The van der Waals surface area contributed by atoms with Gasteiger partial charge in [0.05, 0.1) is 18.8 Å². The smallest absolute Gasteiger partial charge is 0.284 e. The van der Waals surface area contributed by atoms with E-state index in [1.54, 1.807) is 0 Å². The first-order valence-electron chi connectivity index (χ1n) is 4.22. The molecule has 2 aliphatic heterocycles. The minimum atomic E-state index is -0.740. The maximum absolute atomic E-state index is 5.74. The molecule has 0 N–H and O–H groups in total. The van der Waals surface area contributed by atoms with Crippen molar-refractivity contribution in [3.63, 3.8) is 0 Å². The zero-order chi connectivity index (χ0) is 8.66. The molecule has 0 aliphatic carbocycles. The van der Waals surface area contributed by atoms with Crippen LogP contribution in [0.5, 0.6) is 0 Å². The summed E-state index contributed by atoms with van der Waals surface area (Å²) in [6.07, 6.45) is 1.68. The Kier molecular flexibility index (Phi) is 2.19. The molecule has 0 amide bonds. The summed E-state index contributed by atoms with van der Waals surface area (Å²) in [5.41, 5.74) is -0.111. The van der Waals surface area contributed by atoms with Gasteiger partial charge in [-0.1, -0.05) is 15.9 Å². The third-order valence-electron chi connectivity index (χ3n) is 2.35. The molecule has 2 fully saturated rings. The van der Waals surface area contributed by atoms with Gasteiger partial charge in [-0.05, 0) is 6.92 Å². The van der Waals surface area contributed by atoms with Crippen LogP contribution in [-0.2, 0) is 14.2 Å².